The van der Waals surface area contributed by atoms with Gasteiger partial charge in [0.05, 0.1) is 29.1 Å². The molecule has 0 aliphatic carbocycles. The Balaban J connectivity index is 1.77. The summed E-state index contributed by atoms with van der Waals surface area (Å²) in [6.07, 6.45) is 1.83. The highest BCUT2D eigenvalue weighted by Crippen LogP contribution is 2.36. The summed E-state index contributed by atoms with van der Waals surface area (Å²) < 4.78 is 7.22. The first-order valence-electron chi connectivity index (χ1n) is 11.6. The van der Waals surface area contributed by atoms with Crippen LogP contribution in [0.25, 0.3) is 5.57 Å². The van der Waals surface area contributed by atoms with Crippen molar-refractivity contribution < 1.29 is 14.3 Å². The standard InChI is InChI=1S/C26H25N3O4S2/c1-4-6-13-28-17-11-8-7-10-16(17)20(23(28)30)22-24(31)29-21(18-12-9-14-34-18)19(25(32)33-5-2)15(3)27-26(29)35-22/h7-12,14,21H,4-6,13H2,1-3H3/b22-20+/t21-/m1/s1. The molecule has 4 heterocycles. The maximum Gasteiger partial charge on any atom is 0.338 e. The Bertz CT molecular complexity index is 1530. The number of nitrogens with zero attached hydrogens (tertiary/aromatic N) is 3. The van der Waals surface area contributed by atoms with Crippen molar-refractivity contribution in [2.45, 2.75) is 39.7 Å². The number of para-hydroxylation sites is 1. The Morgan fingerprint density at radius 3 is 2.66 bits per heavy atom. The summed E-state index contributed by atoms with van der Waals surface area (Å²) in [5.74, 6) is -0.656. The van der Waals surface area contributed by atoms with Crippen LogP contribution in [0.4, 0.5) is 5.69 Å². The molecule has 35 heavy (non-hydrogen) atoms. The molecule has 7 nitrogen and oxygen atoms in total. The van der Waals surface area contributed by atoms with E-state index in [0.29, 0.717) is 32.7 Å². The monoisotopic (exact) mass is 507 g/mol. The Morgan fingerprint density at radius 1 is 1.14 bits per heavy atom. The summed E-state index contributed by atoms with van der Waals surface area (Å²) in [5, 5.41) is 1.91. The lowest BCUT2D eigenvalue weighted by atomic mass is 10.0. The molecule has 1 amide bonds. The van der Waals surface area contributed by atoms with Gasteiger partial charge < -0.3 is 9.64 Å². The summed E-state index contributed by atoms with van der Waals surface area (Å²) in [6.45, 7) is 6.41. The normalized spacial score (nSPS) is 18.4. The first-order chi connectivity index (χ1) is 17.0. The Kier molecular flexibility index (Phi) is 6.29. The van der Waals surface area contributed by atoms with E-state index in [1.54, 1.807) is 23.3 Å². The first kappa shape index (κ1) is 23.4. The minimum atomic E-state index is -0.650. The van der Waals surface area contributed by atoms with Gasteiger partial charge in [0, 0.05) is 17.0 Å². The number of ether oxygens (including phenoxy) is 1. The molecule has 2 aromatic heterocycles. The molecule has 2 aliphatic heterocycles. The van der Waals surface area contributed by atoms with Crippen LogP contribution in [0.2, 0.25) is 0 Å². The first-order valence-corrected chi connectivity index (χ1v) is 13.3. The van der Waals surface area contributed by atoms with Crippen molar-refractivity contribution in [3.05, 3.63) is 83.2 Å². The van der Waals surface area contributed by atoms with Crippen LogP contribution in [0.3, 0.4) is 0 Å². The molecule has 0 spiro atoms. The molecule has 0 bridgehead atoms. The van der Waals surface area contributed by atoms with E-state index in [-0.39, 0.29) is 18.1 Å². The summed E-state index contributed by atoms with van der Waals surface area (Å²) in [5.41, 5.74) is 2.53. The minimum absolute atomic E-state index is 0.168. The highest BCUT2D eigenvalue weighted by atomic mass is 32.1. The van der Waals surface area contributed by atoms with Crippen molar-refractivity contribution >= 4 is 45.8 Å². The van der Waals surface area contributed by atoms with Gasteiger partial charge in [0.1, 0.15) is 10.6 Å². The number of carbonyl (C=O) groups excluding carboxylic acids is 2. The zero-order chi connectivity index (χ0) is 24.7. The van der Waals surface area contributed by atoms with Gasteiger partial charge in [-0.2, -0.15) is 0 Å². The van der Waals surface area contributed by atoms with E-state index in [2.05, 4.69) is 11.9 Å². The van der Waals surface area contributed by atoms with Gasteiger partial charge in [-0.1, -0.05) is 48.9 Å². The van der Waals surface area contributed by atoms with Crippen LogP contribution in [0.5, 0.6) is 0 Å². The number of allylic oxidation sites excluding steroid dienone is 1. The number of benzene rings is 1. The van der Waals surface area contributed by atoms with Gasteiger partial charge in [-0.25, -0.2) is 9.79 Å². The number of carbonyl (C=O) groups is 2. The lowest BCUT2D eigenvalue weighted by Crippen LogP contribution is -2.40. The third-order valence-corrected chi connectivity index (χ3v) is 8.17. The number of esters is 1. The molecule has 3 aromatic rings. The van der Waals surface area contributed by atoms with E-state index in [1.165, 1.54) is 22.7 Å². The number of fused-ring (bicyclic) bond motifs is 2. The predicted molar refractivity (Wildman–Crippen MR) is 137 cm³/mol. The maximum absolute atomic E-state index is 14.0. The molecule has 1 atom stereocenters. The number of amides is 1. The highest BCUT2D eigenvalue weighted by molar-refractivity contribution is 7.10. The molecule has 2 aliphatic rings. The van der Waals surface area contributed by atoms with Crippen molar-refractivity contribution in [2.24, 2.45) is 4.99 Å². The number of thiazole rings is 1. The Morgan fingerprint density at radius 2 is 1.94 bits per heavy atom. The molecule has 0 saturated heterocycles. The smallest absolute Gasteiger partial charge is 0.338 e. The molecule has 0 radical (unpaired) electrons. The number of anilines is 1. The number of unbranched alkanes of at least 4 members (excludes halogenated alkanes) is 1. The van der Waals surface area contributed by atoms with E-state index in [1.807, 2.05) is 41.8 Å². The van der Waals surface area contributed by atoms with Gasteiger partial charge in [-0.15, -0.1) is 11.3 Å². The number of hydrogen-bond donors (Lipinski definition) is 0. The molecule has 1 aromatic carbocycles. The van der Waals surface area contributed by atoms with Crippen LogP contribution >= 0.6 is 22.7 Å². The summed E-state index contributed by atoms with van der Waals surface area (Å²) in [6, 6.07) is 10.7. The SMILES string of the molecule is CCCCN1C(=O)/C(=c2/sc3n(c2=O)[C@H](c2cccs2)C(C(=O)OCC)=C(C)N=3)c2ccccc21. The lowest BCUT2D eigenvalue weighted by Gasteiger charge is -2.23. The highest BCUT2D eigenvalue weighted by Gasteiger charge is 2.37. The van der Waals surface area contributed by atoms with E-state index in [9.17, 15) is 14.4 Å². The second-order valence-corrected chi connectivity index (χ2v) is 10.3. The van der Waals surface area contributed by atoms with E-state index < -0.39 is 12.0 Å². The average molecular weight is 508 g/mol. The number of aromatic nitrogens is 1. The zero-order valence-electron chi connectivity index (χ0n) is 19.7. The van der Waals surface area contributed by atoms with Crippen LogP contribution in [-0.4, -0.2) is 29.6 Å². The minimum Gasteiger partial charge on any atom is -0.463 e. The van der Waals surface area contributed by atoms with Gasteiger partial charge in [0.25, 0.3) is 11.5 Å². The summed E-state index contributed by atoms with van der Waals surface area (Å²) in [4.78, 5) is 48.2. The molecule has 0 saturated carbocycles. The molecule has 0 fully saturated rings. The molecule has 9 heteroatoms. The van der Waals surface area contributed by atoms with Gasteiger partial charge in [-0.05, 0) is 37.8 Å². The summed E-state index contributed by atoms with van der Waals surface area (Å²) >= 11 is 2.66. The van der Waals surface area contributed by atoms with Gasteiger partial charge in [0.15, 0.2) is 4.80 Å². The van der Waals surface area contributed by atoms with E-state index in [4.69, 9.17) is 4.74 Å². The van der Waals surface area contributed by atoms with Crippen LogP contribution in [0.1, 0.15) is 50.1 Å². The van der Waals surface area contributed by atoms with Crippen molar-refractivity contribution in [1.82, 2.24) is 4.57 Å². The van der Waals surface area contributed by atoms with Crippen molar-refractivity contribution in [1.29, 1.82) is 0 Å². The molecular formula is C26H25N3O4S2. The van der Waals surface area contributed by atoms with E-state index in [0.717, 1.165) is 29.0 Å². The fourth-order valence-corrected chi connectivity index (χ4v) is 6.56. The average Bonchev–Trinajstić information content (AvgIpc) is 3.54. The Hall–Kier alpha value is -3.30. The van der Waals surface area contributed by atoms with E-state index >= 15 is 0 Å². The van der Waals surface area contributed by atoms with Crippen molar-refractivity contribution in [3.63, 3.8) is 0 Å². The number of rotatable bonds is 6. The predicted octanol–water partition coefficient (Wildman–Crippen LogP) is 3.38. The zero-order valence-corrected chi connectivity index (χ0v) is 21.4. The van der Waals surface area contributed by atoms with Crippen LogP contribution < -0.4 is 19.8 Å². The number of thiophene rings is 1. The quantitative estimate of drug-likeness (QED) is 0.479. The fraction of sp³-hybridized carbons (Fsp3) is 0.308. The molecule has 180 valence electrons. The maximum atomic E-state index is 14.0. The van der Waals surface area contributed by atoms with Gasteiger partial charge >= 0.3 is 5.97 Å². The van der Waals surface area contributed by atoms with Crippen molar-refractivity contribution in [3.8, 4) is 0 Å². The van der Waals surface area contributed by atoms with Crippen LogP contribution in [-0.2, 0) is 14.3 Å². The Labute approximate surface area is 210 Å². The van der Waals surface area contributed by atoms with Gasteiger partial charge in [-0.3, -0.25) is 14.2 Å². The lowest BCUT2D eigenvalue weighted by molar-refractivity contribution is -0.139. The van der Waals surface area contributed by atoms with Gasteiger partial charge in [0.2, 0.25) is 0 Å². The molecule has 0 unspecified atom stereocenters. The van der Waals surface area contributed by atoms with Crippen LogP contribution in [0, 0.1) is 0 Å². The second-order valence-electron chi connectivity index (χ2n) is 8.34. The number of hydrogen-bond acceptors (Lipinski definition) is 7. The third-order valence-electron chi connectivity index (χ3n) is 6.19. The largest absolute Gasteiger partial charge is 0.463 e. The molecule has 0 N–H and O–H groups in total. The summed E-state index contributed by atoms with van der Waals surface area (Å²) in [7, 11) is 0. The third kappa shape index (κ3) is 3.79. The second kappa shape index (κ2) is 9.39. The molecular weight excluding hydrogens is 482 g/mol. The van der Waals surface area contributed by atoms with Crippen molar-refractivity contribution in [2.75, 3.05) is 18.1 Å². The topological polar surface area (TPSA) is 81.0 Å². The van der Waals surface area contributed by atoms with Crippen LogP contribution in [0.15, 0.2) is 62.8 Å². The molecule has 5 rings (SSSR count). The fourth-order valence-electron chi connectivity index (χ4n) is 4.60.